The number of pyridine rings is 5. The molecule has 2 aliphatic carbocycles. The van der Waals surface area contributed by atoms with Gasteiger partial charge in [0.2, 0.25) is 0 Å². The van der Waals surface area contributed by atoms with Gasteiger partial charge in [0.1, 0.15) is 16.9 Å². The number of H-pyrrole nitrogens is 1. The topological polar surface area (TPSA) is 115 Å². The Morgan fingerprint density at radius 1 is 0.765 bits per heavy atom. The van der Waals surface area contributed by atoms with Gasteiger partial charge in [0.25, 0.3) is 11.1 Å². The summed E-state index contributed by atoms with van der Waals surface area (Å²) in [6, 6.07) is 16.3. The zero-order chi connectivity index (χ0) is 35.1. The van der Waals surface area contributed by atoms with Crippen molar-refractivity contribution in [3.05, 3.63) is 145 Å². The van der Waals surface area contributed by atoms with Crippen LogP contribution in [-0.4, -0.2) is 30.7 Å². The van der Waals surface area contributed by atoms with Crippen molar-refractivity contribution in [2.75, 3.05) is 0 Å². The summed E-state index contributed by atoms with van der Waals surface area (Å²) in [5, 5.41) is 1.07. The van der Waals surface area contributed by atoms with Gasteiger partial charge >= 0.3 is 11.9 Å². The second kappa shape index (κ2) is 11.4. The van der Waals surface area contributed by atoms with Gasteiger partial charge in [-0.3, -0.25) is 23.4 Å². The molecule has 7 aromatic rings. The Kier molecular flexibility index (Phi) is 6.93. The van der Waals surface area contributed by atoms with Crippen LogP contribution in [0.4, 0.5) is 4.39 Å². The molecule has 1 N–H and O–H groups in total. The van der Waals surface area contributed by atoms with Crippen molar-refractivity contribution >= 4 is 33.9 Å². The standard InChI is InChI=1S/C41H31FN4O5/c1-21-27(25-7-8-35-26(17-25)9-14-44-35)11-15-45-36(21)30(23-3-4-23)18-32(38(45)47)40(49)51-41(50)33-19-31(24-5-6-24)37-22(2)28(12-16-46(37)39(33)48)29-10-13-43-20-34(29)42/h7-20,23-24,44H,3-6H2,1-2H3. The molecule has 0 radical (unpaired) electrons. The number of hydrogen-bond donors (Lipinski definition) is 1. The van der Waals surface area contributed by atoms with E-state index in [0.29, 0.717) is 22.2 Å². The van der Waals surface area contributed by atoms with Crippen LogP contribution in [-0.2, 0) is 4.74 Å². The Morgan fingerprint density at radius 2 is 1.35 bits per heavy atom. The van der Waals surface area contributed by atoms with Gasteiger partial charge in [0.05, 0.1) is 17.2 Å². The maximum Gasteiger partial charge on any atom is 0.351 e. The minimum absolute atomic E-state index is 0.0865. The first-order valence-electron chi connectivity index (χ1n) is 17.0. The first-order chi connectivity index (χ1) is 24.7. The van der Waals surface area contributed by atoms with Crippen molar-refractivity contribution in [2.45, 2.75) is 51.4 Å². The van der Waals surface area contributed by atoms with E-state index in [4.69, 9.17) is 4.74 Å². The number of nitrogens with zero attached hydrogens (tertiary/aromatic N) is 3. The van der Waals surface area contributed by atoms with Crippen LogP contribution in [0.5, 0.6) is 0 Å². The Bertz CT molecular complexity index is 2770. The van der Waals surface area contributed by atoms with Crippen LogP contribution in [0.25, 0.3) is 44.2 Å². The molecule has 0 atom stereocenters. The van der Waals surface area contributed by atoms with Crippen molar-refractivity contribution in [3.8, 4) is 22.3 Å². The van der Waals surface area contributed by atoms with E-state index in [-0.39, 0.29) is 23.0 Å². The molecule has 0 spiro atoms. The highest BCUT2D eigenvalue weighted by Crippen LogP contribution is 2.45. The largest absolute Gasteiger partial charge is 0.385 e. The Morgan fingerprint density at radius 3 is 1.94 bits per heavy atom. The number of esters is 2. The number of halogens is 1. The van der Waals surface area contributed by atoms with Crippen molar-refractivity contribution < 1.29 is 18.7 Å². The van der Waals surface area contributed by atoms with Crippen LogP contribution in [0, 0.1) is 19.7 Å². The quantitative estimate of drug-likeness (QED) is 0.143. The van der Waals surface area contributed by atoms with Gasteiger partial charge in [0.15, 0.2) is 0 Å². The van der Waals surface area contributed by atoms with Crippen LogP contribution in [0.2, 0.25) is 0 Å². The van der Waals surface area contributed by atoms with Gasteiger partial charge in [-0.25, -0.2) is 14.0 Å². The number of aryl methyl sites for hydroxylation is 2. The number of hydrogen-bond acceptors (Lipinski definition) is 6. The Labute approximate surface area is 290 Å². The molecule has 9 nitrogen and oxygen atoms in total. The van der Waals surface area contributed by atoms with Crippen LogP contribution in [0.15, 0.2) is 95.2 Å². The van der Waals surface area contributed by atoms with E-state index < -0.39 is 28.9 Å². The molecule has 0 bridgehead atoms. The molecule has 51 heavy (non-hydrogen) atoms. The number of aromatic amines is 1. The number of carbonyl (C=O) groups excluding carboxylic acids is 2. The molecule has 1 aromatic carbocycles. The van der Waals surface area contributed by atoms with Gasteiger partial charge in [-0.15, -0.1) is 0 Å². The van der Waals surface area contributed by atoms with Crippen molar-refractivity contribution in [1.82, 2.24) is 18.8 Å². The highest BCUT2D eigenvalue weighted by molar-refractivity contribution is 6.03. The van der Waals surface area contributed by atoms with E-state index in [9.17, 15) is 23.6 Å². The van der Waals surface area contributed by atoms with Gasteiger partial charge in [-0.2, -0.15) is 0 Å². The third kappa shape index (κ3) is 5.00. The summed E-state index contributed by atoms with van der Waals surface area (Å²) in [7, 11) is 0. The predicted octanol–water partition coefficient (Wildman–Crippen LogP) is 7.63. The SMILES string of the molecule is Cc1c(-c2ccc3[nH]ccc3c2)ccn2c(=O)c(C(=O)OC(=O)c3cc(C4CC4)c4c(C)c(-c5ccncc5F)ccn4c3=O)cc(C3CC3)c12. The van der Waals surface area contributed by atoms with Crippen LogP contribution in [0.1, 0.15) is 80.5 Å². The van der Waals surface area contributed by atoms with Gasteiger partial charge < -0.3 is 9.72 Å². The summed E-state index contributed by atoms with van der Waals surface area (Å²) in [5.41, 5.74) is 6.60. The van der Waals surface area contributed by atoms with Gasteiger partial charge in [-0.05, 0) is 144 Å². The third-order valence-electron chi connectivity index (χ3n) is 10.4. The van der Waals surface area contributed by atoms with Crippen molar-refractivity contribution in [1.29, 1.82) is 0 Å². The van der Waals surface area contributed by atoms with E-state index in [1.807, 2.05) is 44.3 Å². The van der Waals surface area contributed by atoms with Crippen LogP contribution in [0.3, 0.4) is 0 Å². The van der Waals surface area contributed by atoms with Crippen LogP contribution >= 0.6 is 0 Å². The Balaban J connectivity index is 1.10. The molecule has 9 rings (SSSR count). The fourth-order valence-electron chi connectivity index (χ4n) is 7.51. The van der Waals surface area contributed by atoms with Crippen LogP contribution < -0.4 is 11.1 Å². The molecule has 2 fully saturated rings. The highest BCUT2D eigenvalue weighted by Gasteiger charge is 2.33. The maximum atomic E-state index is 14.7. The number of aromatic nitrogens is 4. The number of carbonyl (C=O) groups is 2. The number of rotatable bonds is 6. The first kappa shape index (κ1) is 30.9. The molecule has 2 saturated carbocycles. The Hall–Kier alpha value is -6.16. The summed E-state index contributed by atoms with van der Waals surface area (Å²) in [4.78, 5) is 62.0. The maximum absolute atomic E-state index is 14.7. The molecule has 252 valence electrons. The zero-order valence-electron chi connectivity index (χ0n) is 27.8. The van der Waals surface area contributed by atoms with E-state index in [1.54, 1.807) is 24.4 Å². The second-order valence-corrected chi connectivity index (χ2v) is 13.6. The summed E-state index contributed by atoms with van der Waals surface area (Å²) in [5.74, 6) is -2.49. The fraction of sp³-hybridized carbons (Fsp3) is 0.195. The lowest BCUT2D eigenvalue weighted by Crippen LogP contribution is -2.29. The lowest BCUT2D eigenvalue weighted by atomic mass is 9.96. The van der Waals surface area contributed by atoms with Gasteiger partial charge in [0, 0.05) is 35.9 Å². The minimum atomic E-state index is -1.13. The van der Waals surface area contributed by atoms with E-state index in [0.717, 1.165) is 76.1 Å². The first-order valence-corrected chi connectivity index (χ1v) is 17.0. The summed E-state index contributed by atoms with van der Waals surface area (Å²) < 4.78 is 22.9. The molecule has 6 heterocycles. The smallest absolute Gasteiger partial charge is 0.351 e. The number of ether oxygens (including phenoxy) is 1. The summed E-state index contributed by atoms with van der Waals surface area (Å²) in [6.45, 7) is 3.79. The van der Waals surface area contributed by atoms with E-state index >= 15 is 0 Å². The average Bonchev–Trinajstić information content (AvgIpc) is 4.07. The molecule has 10 heteroatoms. The molecular weight excluding hydrogens is 647 g/mol. The minimum Gasteiger partial charge on any atom is -0.385 e. The molecule has 0 aliphatic heterocycles. The normalized spacial score (nSPS) is 14.4. The number of fused-ring (bicyclic) bond motifs is 3. The molecule has 6 aromatic heterocycles. The highest BCUT2D eigenvalue weighted by atomic mass is 19.1. The second-order valence-electron chi connectivity index (χ2n) is 13.6. The van der Waals surface area contributed by atoms with E-state index in [1.165, 1.54) is 27.3 Å². The lowest BCUT2D eigenvalue weighted by molar-refractivity contribution is 0.0395. The number of benzene rings is 1. The number of nitrogens with one attached hydrogen (secondary N) is 1. The average molecular weight is 679 g/mol. The summed E-state index contributed by atoms with van der Waals surface area (Å²) >= 11 is 0. The lowest BCUT2D eigenvalue weighted by Gasteiger charge is -2.17. The molecule has 2 aliphatic rings. The molecule has 0 amide bonds. The zero-order valence-corrected chi connectivity index (χ0v) is 27.8. The van der Waals surface area contributed by atoms with Gasteiger partial charge in [-0.1, -0.05) is 6.07 Å². The van der Waals surface area contributed by atoms with E-state index in [2.05, 4.69) is 16.0 Å². The molecule has 0 unspecified atom stereocenters. The fourth-order valence-corrected chi connectivity index (χ4v) is 7.51. The monoisotopic (exact) mass is 678 g/mol. The predicted molar refractivity (Wildman–Crippen MR) is 191 cm³/mol. The molecule has 0 saturated heterocycles. The molecular formula is C41H31FN4O5. The third-order valence-corrected chi connectivity index (χ3v) is 10.4. The summed E-state index contributed by atoms with van der Waals surface area (Å²) in [6.07, 6.45) is 11.2. The van der Waals surface area contributed by atoms with Crippen molar-refractivity contribution in [3.63, 3.8) is 0 Å². The van der Waals surface area contributed by atoms with Crippen molar-refractivity contribution in [2.24, 2.45) is 0 Å².